The summed E-state index contributed by atoms with van der Waals surface area (Å²) in [5.41, 5.74) is -0.362. The molecule has 0 saturated carbocycles. The molecule has 10 heteroatoms. The van der Waals surface area contributed by atoms with Crippen molar-refractivity contribution in [1.82, 2.24) is 0 Å². The Balaban J connectivity index is 2.34. The number of benzene rings is 2. The summed E-state index contributed by atoms with van der Waals surface area (Å²) in [6.07, 6.45) is 0.787. The lowest BCUT2D eigenvalue weighted by Gasteiger charge is -2.28. The second kappa shape index (κ2) is 7.32. The fourth-order valence-corrected chi connectivity index (χ4v) is 3.42. The zero-order valence-corrected chi connectivity index (χ0v) is 14.5. The molecule has 0 aliphatic heterocycles. The molecule has 0 radical (unpaired) electrons. The van der Waals surface area contributed by atoms with Gasteiger partial charge in [0.1, 0.15) is 6.04 Å². The van der Waals surface area contributed by atoms with Gasteiger partial charge in [-0.25, -0.2) is 26.0 Å². The van der Waals surface area contributed by atoms with Crippen molar-refractivity contribution in [2.45, 2.75) is 13.0 Å². The number of nitrogens with one attached hydrogen (secondary N) is 1. The van der Waals surface area contributed by atoms with Crippen LogP contribution in [0.1, 0.15) is 6.92 Å². The number of carbonyl (C=O) groups excluding carboxylic acids is 1. The third-order valence-electron chi connectivity index (χ3n) is 3.43. The summed E-state index contributed by atoms with van der Waals surface area (Å²) >= 11 is 0. The molecule has 0 spiro atoms. The summed E-state index contributed by atoms with van der Waals surface area (Å²) in [7, 11) is -4.05. The van der Waals surface area contributed by atoms with Crippen molar-refractivity contribution in [3.63, 3.8) is 0 Å². The van der Waals surface area contributed by atoms with E-state index in [1.807, 2.05) is 0 Å². The van der Waals surface area contributed by atoms with Crippen molar-refractivity contribution in [3.8, 4) is 0 Å². The SMILES string of the molecule is CC(C(=O)Nc1ccc(F)c(F)c1)N(c1ccc(F)c(F)c1)S(C)(=O)=O. The van der Waals surface area contributed by atoms with Crippen LogP contribution in [0.15, 0.2) is 36.4 Å². The van der Waals surface area contributed by atoms with E-state index in [4.69, 9.17) is 0 Å². The third kappa shape index (κ3) is 4.31. The maximum atomic E-state index is 13.4. The Bertz CT molecular complexity index is 951. The number of rotatable bonds is 5. The van der Waals surface area contributed by atoms with E-state index < -0.39 is 45.2 Å². The summed E-state index contributed by atoms with van der Waals surface area (Å²) < 4.78 is 77.4. The summed E-state index contributed by atoms with van der Waals surface area (Å²) in [6, 6.07) is 3.58. The molecule has 0 aliphatic carbocycles. The molecule has 0 aromatic heterocycles. The first kappa shape index (κ1) is 19.7. The third-order valence-corrected chi connectivity index (χ3v) is 4.67. The van der Waals surface area contributed by atoms with Gasteiger partial charge >= 0.3 is 0 Å². The van der Waals surface area contributed by atoms with Crippen molar-refractivity contribution < 1.29 is 30.8 Å². The Morgan fingerprint density at radius 2 is 1.50 bits per heavy atom. The molecular weight excluding hydrogens is 376 g/mol. The van der Waals surface area contributed by atoms with Gasteiger partial charge < -0.3 is 5.32 Å². The monoisotopic (exact) mass is 390 g/mol. The standard InChI is InChI=1S/C16H14F4N2O3S/c1-9(16(23)21-10-3-5-12(17)14(19)7-10)22(26(2,24)25)11-4-6-13(18)15(20)8-11/h3-9H,1-2H3,(H,21,23). The first-order valence-electron chi connectivity index (χ1n) is 7.21. The molecule has 0 aliphatic rings. The lowest BCUT2D eigenvalue weighted by atomic mass is 10.2. The smallest absolute Gasteiger partial charge is 0.247 e. The summed E-state index contributed by atoms with van der Waals surface area (Å²) in [4.78, 5) is 12.3. The Morgan fingerprint density at radius 1 is 0.962 bits per heavy atom. The van der Waals surface area contributed by atoms with Gasteiger partial charge in [0, 0.05) is 17.8 Å². The van der Waals surface area contributed by atoms with E-state index in [0.717, 1.165) is 36.6 Å². The van der Waals surface area contributed by atoms with E-state index >= 15 is 0 Å². The highest BCUT2D eigenvalue weighted by atomic mass is 32.2. The number of hydrogen-bond acceptors (Lipinski definition) is 3. The molecule has 0 bridgehead atoms. The number of amides is 1. The van der Waals surface area contributed by atoms with E-state index in [1.54, 1.807) is 0 Å². The summed E-state index contributed by atoms with van der Waals surface area (Å²) in [5, 5.41) is 2.24. The average molecular weight is 390 g/mol. The Morgan fingerprint density at radius 3 is 2.00 bits per heavy atom. The van der Waals surface area contributed by atoms with Crippen molar-refractivity contribution >= 4 is 27.3 Å². The molecule has 2 aromatic rings. The molecule has 0 heterocycles. The first-order valence-corrected chi connectivity index (χ1v) is 9.06. The molecule has 140 valence electrons. The molecule has 1 amide bonds. The van der Waals surface area contributed by atoms with E-state index in [2.05, 4.69) is 5.32 Å². The van der Waals surface area contributed by atoms with Crippen LogP contribution < -0.4 is 9.62 Å². The van der Waals surface area contributed by atoms with Crippen LogP contribution in [0.25, 0.3) is 0 Å². The zero-order chi connectivity index (χ0) is 19.6. The number of carbonyl (C=O) groups is 1. The zero-order valence-electron chi connectivity index (χ0n) is 13.6. The topological polar surface area (TPSA) is 66.5 Å². The van der Waals surface area contributed by atoms with Gasteiger partial charge in [0.2, 0.25) is 15.9 Å². The minimum Gasteiger partial charge on any atom is -0.324 e. The van der Waals surface area contributed by atoms with E-state index in [0.29, 0.717) is 10.4 Å². The van der Waals surface area contributed by atoms with Crippen LogP contribution in [-0.2, 0) is 14.8 Å². The van der Waals surface area contributed by atoms with Crippen LogP contribution in [0.2, 0.25) is 0 Å². The van der Waals surface area contributed by atoms with Gasteiger partial charge in [-0.05, 0) is 31.2 Å². The van der Waals surface area contributed by atoms with Crippen LogP contribution in [0.5, 0.6) is 0 Å². The molecule has 2 aromatic carbocycles. The maximum Gasteiger partial charge on any atom is 0.247 e. The highest BCUT2D eigenvalue weighted by Gasteiger charge is 2.30. The molecular formula is C16H14F4N2O3S. The molecule has 2 rings (SSSR count). The van der Waals surface area contributed by atoms with Crippen LogP contribution in [0, 0.1) is 23.3 Å². The Hall–Kier alpha value is -2.62. The minimum atomic E-state index is -4.05. The molecule has 26 heavy (non-hydrogen) atoms. The van der Waals surface area contributed by atoms with Crippen LogP contribution in [0.4, 0.5) is 28.9 Å². The lowest BCUT2D eigenvalue weighted by molar-refractivity contribution is -0.116. The van der Waals surface area contributed by atoms with Crippen LogP contribution >= 0.6 is 0 Å². The predicted octanol–water partition coefficient (Wildman–Crippen LogP) is 3.04. The highest BCUT2D eigenvalue weighted by Crippen LogP contribution is 2.24. The van der Waals surface area contributed by atoms with E-state index in [9.17, 15) is 30.8 Å². The number of nitrogens with zero attached hydrogens (tertiary/aromatic N) is 1. The van der Waals surface area contributed by atoms with Gasteiger partial charge in [0.25, 0.3) is 0 Å². The van der Waals surface area contributed by atoms with Crippen molar-refractivity contribution in [3.05, 3.63) is 59.7 Å². The largest absolute Gasteiger partial charge is 0.324 e. The van der Waals surface area contributed by atoms with Crippen LogP contribution in [-0.4, -0.2) is 26.6 Å². The number of anilines is 2. The fourth-order valence-electron chi connectivity index (χ4n) is 2.25. The van der Waals surface area contributed by atoms with Gasteiger partial charge in [-0.2, -0.15) is 0 Å². The molecule has 1 unspecified atom stereocenters. The normalized spacial score (nSPS) is 12.5. The van der Waals surface area contributed by atoms with E-state index in [-0.39, 0.29) is 11.4 Å². The number of sulfonamides is 1. The molecule has 0 saturated heterocycles. The summed E-state index contributed by atoms with van der Waals surface area (Å²) in [6.45, 7) is 1.21. The van der Waals surface area contributed by atoms with Gasteiger partial charge in [-0.15, -0.1) is 0 Å². The van der Waals surface area contributed by atoms with Gasteiger partial charge in [-0.1, -0.05) is 0 Å². The fraction of sp³-hybridized carbons (Fsp3) is 0.188. The molecule has 1 N–H and O–H groups in total. The Kier molecular flexibility index (Phi) is 5.55. The quantitative estimate of drug-likeness (QED) is 0.798. The second-order valence-electron chi connectivity index (χ2n) is 5.45. The van der Waals surface area contributed by atoms with Gasteiger partial charge in [0.05, 0.1) is 11.9 Å². The predicted molar refractivity (Wildman–Crippen MR) is 88.1 cm³/mol. The van der Waals surface area contributed by atoms with Crippen molar-refractivity contribution in [2.24, 2.45) is 0 Å². The Labute approximate surface area is 147 Å². The minimum absolute atomic E-state index is 0.0977. The number of halogens is 4. The van der Waals surface area contributed by atoms with Gasteiger partial charge in [-0.3, -0.25) is 9.10 Å². The maximum absolute atomic E-state index is 13.4. The lowest BCUT2D eigenvalue weighted by Crippen LogP contribution is -2.45. The average Bonchev–Trinajstić information content (AvgIpc) is 2.53. The molecule has 0 fully saturated rings. The van der Waals surface area contributed by atoms with Crippen molar-refractivity contribution in [1.29, 1.82) is 0 Å². The van der Waals surface area contributed by atoms with Crippen molar-refractivity contribution in [2.75, 3.05) is 15.9 Å². The highest BCUT2D eigenvalue weighted by molar-refractivity contribution is 7.92. The van der Waals surface area contributed by atoms with Gasteiger partial charge in [0.15, 0.2) is 23.3 Å². The number of hydrogen-bond donors (Lipinski definition) is 1. The van der Waals surface area contributed by atoms with Crippen LogP contribution in [0.3, 0.4) is 0 Å². The second-order valence-corrected chi connectivity index (χ2v) is 7.31. The molecule has 1 atom stereocenters. The first-order chi connectivity index (χ1) is 12.0. The van der Waals surface area contributed by atoms with E-state index in [1.165, 1.54) is 6.92 Å². The summed E-state index contributed by atoms with van der Waals surface area (Å²) in [5.74, 6) is -5.66. The molecule has 5 nitrogen and oxygen atoms in total.